The summed E-state index contributed by atoms with van der Waals surface area (Å²) < 4.78 is 5.65. The maximum Gasteiger partial charge on any atom is 0.123 e. The van der Waals surface area contributed by atoms with Gasteiger partial charge in [0.25, 0.3) is 0 Å². The van der Waals surface area contributed by atoms with Gasteiger partial charge in [0.05, 0.1) is 6.61 Å². The van der Waals surface area contributed by atoms with Gasteiger partial charge in [0, 0.05) is 23.7 Å². The molecule has 2 rings (SSSR count). The molecule has 1 aliphatic rings. The molecule has 1 atom stereocenters. The van der Waals surface area contributed by atoms with Crippen molar-refractivity contribution in [3.05, 3.63) is 28.8 Å². The molecular formula is C14H22Cl2N2O. The maximum atomic E-state index is 6.06. The van der Waals surface area contributed by atoms with Crippen molar-refractivity contribution in [2.24, 2.45) is 11.7 Å². The Kier molecular flexibility index (Phi) is 6.94. The van der Waals surface area contributed by atoms with Gasteiger partial charge in [-0.15, -0.1) is 12.4 Å². The quantitative estimate of drug-likeness (QED) is 0.909. The summed E-state index contributed by atoms with van der Waals surface area (Å²) in [6, 6.07) is 5.84. The summed E-state index contributed by atoms with van der Waals surface area (Å²) in [5.41, 5.74) is 6.89. The smallest absolute Gasteiger partial charge is 0.123 e. The first-order chi connectivity index (χ1) is 8.72. The fraction of sp³-hybridized carbons (Fsp3) is 0.571. The molecule has 0 unspecified atom stereocenters. The van der Waals surface area contributed by atoms with Gasteiger partial charge in [0.1, 0.15) is 5.75 Å². The summed E-state index contributed by atoms with van der Waals surface area (Å²) in [5.74, 6) is 1.58. The summed E-state index contributed by atoms with van der Waals surface area (Å²) >= 11 is 6.06. The van der Waals surface area contributed by atoms with E-state index in [1.54, 1.807) is 0 Å². The van der Waals surface area contributed by atoms with Crippen molar-refractivity contribution in [3.63, 3.8) is 0 Å². The number of likely N-dealkylation sites (tertiary alicyclic amines) is 1. The first-order valence-corrected chi connectivity index (χ1v) is 6.94. The fourth-order valence-corrected chi connectivity index (χ4v) is 2.65. The molecule has 1 fully saturated rings. The van der Waals surface area contributed by atoms with Crippen LogP contribution >= 0.6 is 24.0 Å². The summed E-state index contributed by atoms with van der Waals surface area (Å²) in [6.07, 6.45) is 1.20. The number of benzene rings is 1. The summed E-state index contributed by atoms with van der Waals surface area (Å²) in [5, 5.41) is 0.767. The van der Waals surface area contributed by atoms with E-state index >= 15 is 0 Å². The van der Waals surface area contributed by atoms with Crippen molar-refractivity contribution in [2.45, 2.75) is 19.9 Å². The van der Waals surface area contributed by atoms with Gasteiger partial charge in [-0.25, -0.2) is 0 Å². The molecule has 0 bridgehead atoms. The maximum absolute atomic E-state index is 6.06. The minimum Gasteiger partial charge on any atom is -0.494 e. The first kappa shape index (κ1) is 16.6. The van der Waals surface area contributed by atoms with Crippen LogP contribution in [0.15, 0.2) is 18.2 Å². The van der Waals surface area contributed by atoms with E-state index in [0.29, 0.717) is 12.5 Å². The SMILES string of the molecule is CCOc1ccc(Cl)cc1CN1CC[C@@H](CN)C1.Cl. The van der Waals surface area contributed by atoms with Crippen LogP contribution in [0.4, 0.5) is 0 Å². The Hall–Kier alpha value is -0.480. The summed E-state index contributed by atoms with van der Waals surface area (Å²) in [6.45, 7) is 6.55. The Morgan fingerprint density at radius 1 is 1.47 bits per heavy atom. The lowest BCUT2D eigenvalue weighted by atomic mass is 10.1. The number of nitrogens with zero attached hydrogens (tertiary/aromatic N) is 1. The molecule has 1 aliphatic heterocycles. The second-order valence-electron chi connectivity index (χ2n) is 4.81. The van der Waals surface area contributed by atoms with E-state index in [1.165, 1.54) is 12.0 Å². The third-order valence-electron chi connectivity index (χ3n) is 3.42. The average molecular weight is 305 g/mol. The normalized spacial score (nSPS) is 19.2. The van der Waals surface area contributed by atoms with Gasteiger partial charge < -0.3 is 10.5 Å². The molecule has 1 saturated heterocycles. The molecule has 0 radical (unpaired) electrons. The third-order valence-corrected chi connectivity index (χ3v) is 3.65. The molecule has 3 nitrogen and oxygen atoms in total. The Bertz CT molecular complexity index is 401. The molecule has 19 heavy (non-hydrogen) atoms. The molecule has 1 aromatic carbocycles. The van der Waals surface area contributed by atoms with Gasteiger partial charge in [-0.3, -0.25) is 4.90 Å². The van der Waals surface area contributed by atoms with Gasteiger partial charge in [0.2, 0.25) is 0 Å². The Labute approximate surface area is 126 Å². The fourth-order valence-electron chi connectivity index (χ4n) is 2.46. The second kappa shape index (κ2) is 7.95. The molecule has 0 saturated carbocycles. The Morgan fingerprint density at radius 2 is 2.26 bits per heavy atom. The molecule has 0 amide bonds. The molecule has 1 aromatic rings. The van der Waals surface area contributed by atoms with E-state index in [0.717, 1.165) is 37.0 Å². The predicted octanol–water partition coefficient (Wildman–Crippen LogP) is 2.94. The predicted molar refractivity (Wildman–Crippen MR) is 82.3 cm³/mol. The van der Waals surface area contributed by atoms with Crippen LogP contribution in [0.1, 0.15) is 18.9 Å². The lowest BCUT2D eigenvalue weighted by molar-refractivity contribution is 0.297. The van der Waals surface area contributed by atoms with E-state index in [-0.39, 0.29) is 12.4 Å². The van der Waals surface area contributed by atoms with Crippen LogP contribution < -0.4 is 10.5 Å². The second-order valence-corrected chi connectivity index (χ2v) is 5.25. The van der Waals surface area contributed by atoms with E-state index in [1.807, 2.05) is 25.1 Å². The van der Waals surface area contributed by atoms with E-state index in [2.05, 4.69) is 4.90 Å². The Balaban J connectivity index is 0.00000180. The van der Waals surface area contributed by atoms with E-state index in [4.69, 9.17) is 22.1 Å². The topological polar surface area (TPSA) is 38.5 Å². The molecule has 1 heterocycles. The summed E-state index contributed by atoms with van der Waals surface area (Å²) in [7, 11) is 0. The standard InChI is InChI=1S/C14H21ClN2O.ClH/c1-2-18-14-4-3-13(15)7-12(14)10-17-6-5-11(8-16)9-17;/h3-4,7,11H,2,5-6,8-10,16H2,1H3;1H/t11-;/m0./s1. The van der Waals surface area contributed by atoms with Crippen molar-refractivity contribution in [3.8, 4) is 5.75 Å². The van der Waals surface area contributed by atoms with Crippen LogP contribution in [0.5, 0.6) is 5.75 Å². The minimum atomic E-state index is 0. The summed E-state index contributed by atoms with van der Waals surface area (Å²) in [4.78, 5) is 2.42. The molecule has 0 aromatic heterocycles. The van der Waals surface area contributed by atoms with Crippen molar-refractivity contribution >= 4 is 24.0 Å². The number of ether oxygens (including phenoxy) is 1. The highest BCUT2D eigenvalue weighted by Crippen LogP contribution is 2.26. The van der Waals surface area contributed by atoms with Crippen molar-refractivity contribution in [1.82, 2.24) is 4.90 Å². The van der Waals surface area contributed by atoms with Crippen LogP contribution in [0.3, 0.4) is 0 Å². The number of rotatable bonds is 5. The van der Waals surface area contributed by atoms with Crippen LogP contribution in [0.2, 0.25) is 5.02 Å². The average Bonchev–Trinajstić information content (AvgIpc) is 2.80. The number of hydrogen-bond donors (Lipinski definition) is 1. The molecular weight excluding hydrogens is 283 g/mol. The van der Waals surface area contributed by atoms with Gasteiger partial charge >= 0.3 is 0 Å². The van der Waals surface area contributed by atoms with E-state index in [9.17, 15) is 0 Å². The largest absolute Gasteiger partial charge is 0.494 e. The van der Waals surface area contributed by atoms with Crippen LogP contribution in [0.25, 0.3) is 0 Å². The molecule has 108 valence electrons. The zero-order valence-corrected chi connectivity index (χ0v) is 12.8. The lowest BCUT2D eigenvalue weighted by Crippen LogP contribution is -2.23. The van der Waals surface area contributed by atoms with E-state index < -0.39 is 0 Å². The van der Waals surface area contributed by atoms with Crippen molar-refractivity contribution in [1.29, 1.82) is 0 Å². The van der Waals surface area contributed by atoms with Crippen LogP contribution in [0, 0.1) is 5.92 Å². The number of halogens is 2. The van der Waals surface area contributed by atoms with Crippen molar-refractivity contribution in [2.75, 3.05) is 26.2 Å². The minimum absolute atomic E-state index is 0. The highest BCUT2D eigenvalue weighted by Gasteiger charge is 2.22. The molecule has 5 heteroatoms. The molecule has 0 spiro atoms. The third kappa shape index (κ3) is 4.53. The van der Waals surface area contributed by atoms with Gasteiger partial charge in [-0.1, -0.05) is 11.6 Å². The van der Waals surface area contributed by atoms with Gasteiger partial charge in [-0.2, -0.15) is 0 Å². The number of nitrogens with two attached hydrogens (primary N) is 1. The first-order valence-electron chi connectivity index (χ1n) is 6.56. The number of hydrogen-bond acceptors (Lipinski definition) is 3. The molecule has 2 N–H and O–H groups in total. The monoisotopic (exact) mass is 304 g/mol. The van der Waals surface area contributed by atoms with Crippen LogP contribution in [-0.4, -0.2) is 31.1 Å². The van der Waals surface area contributed by atoms with Gasteiger partial charge in [-0.05, 0) is 50.6 Å². The highest BCUT2D eigenvalue weighted by molar-refractivity contribution is 6.30. The Morgan fingerprint density at radius 3 is 2.89 bits per heavy atom. The van der Waals surface area contributed by atoms with Crippen molar-refractivity contribution < 1.29 is 4.74 Å². The lowest BCUT2D eigenvalue weighted by Gasteiger charge is -2.18. The zero-order valence-electron chi connectivity index (χ0n) is 11.3. The molecule has 0 aliphatic carbocycles. The van der Waals surface area contributed by atoms with Gasteiger partial charge in [0.15, 0.2) is 0 Å². The zero-order chi connectivity index (χ0) is 13.0. The van der Waals surface area contributed by atoms with Crippen LogP contribution in [-0.2, 0) is 6.54 Å². The highest BCUT2D eigenvalue weighted by atomic mass is 35.5.